The molecule has 0 N–H and O–H groups in total. The summed E-state index contributed by atoms with van der Waals surface area (Å²) < 4.78 is 5.36. The van der Waals surface area contributed by atoms with Crippen molar-refractivity contribution in [2.75, 3.05) is 0 Å². The van der Waals surface area contributed by atoms with Crippen molar-refractivity contribution >= 4 is 21.6 Å². The van der Waals surface area contributed by atoms with Crippen LogP contribution in [0.5, 0.6) is 0 Å². The molecule has 0 aliphatic rings. The van der Waals surface area contributed by atoms with E-state index >= 15 is 0 Å². The Bertz CT molecular complexity index is 354. The average molecular weight is 180 g/mol. The number of fused-ring (bicyclic) bond motifs is 1. The van der Waals surface area contributed by atoms with E-state index in [1.54, 1.807) is 6.20 Å². The molecule has 0 atom stereocenters. The van der Waals surface area contributed by atoms with Crippen LogP contribution >= 0.6 is 11.5 Å². The van der Waals surface area contributed by atoms with Gasteiger partial charge < -0.3 is 0 Å². The second kappa shape index (κ2) is 4.16. The molecule has 0 amide bonds. The summed E-state index contributed by atoms with van der Waals surface area (Å²) in [6, 6.07) is 1.99. The van der Waals surface area contributed by atoms with Crippen LogP contribution in [0.2, 0.25) is 0 Å². The lowest BCUT2D eigenvalue weighted by Crippen LogP contribution is -1.70. The molecule has 2 rings (SSSR count). The minimum Gasteiger partial charge on any atom is -0.263 e. The van der Waals surface area contributed by atoms with Crippen molar-refractivity contribution in [3.05, 3.63) is 24.2 Å². The molecule has 0 unspecified atom stereocenters. The van der Waals surface area contributed by atoms with E-state index in [9.17, 15) is 0 Å². The Morgan fingerprint density at radius 3 is 2.75 bits per heavy atom. The van der Waals surface area contributed by atoms with Gasteiger partial charge in [0, 0.05) is 17.8 Å². The Morgan fingerprint density at radius 2 is 2.08 bits per heavy atom. The number of nitrogens with zero attached hydrogens (tertiary/aromatic N) is 2. The van der Waals surface area contributed by atoms with Crippen LogP contribution in [0.4, 0.5) is 0 Å². The van der Waals surface area contributed by atoms with E-state index in [-0.39, 0.29) is 0 Å². The van der Waals surface area contributed by atoms with Crippen LogP contribution in [0, 0.1) is 6.92 Å². The van der Waals surface area contributed by atoms with E-state index in [1.807, 2.05) is 33.0 Å². The van der Waals surface area contributed by atoms with Gasteiger partial charge in [-0.05, 0) is 24.5 Å². The van der Waals surface area contributed by atoms with Gasteiger partial charge in [0.2, 0.25) is 0 Å². The molecule has 0 bridgehead atoms. The minimum atomic E-state index is 1.10. The van der Waals surface area contributed by atoms with Gasteiger partial charge in [0.15, 0.2) is 0 Å². The fourth-order valence-electron chi connectivity index (χ4n) is 0.918. The smallest absolute Gasteiger partial charge is 0.0736 e. The molecule has 0 spiro atoms. The van der Waals surface area contributed by atoms with E-state index < -0.39 is 0 Å². The quantitative estimate of drug-likeness (QED) is 0.622. The third-order valence-electron chi connectivity index (χ3n) is 1.46. The number of rotatable bonds is 0. The molecule has 3 heteroatoms. The normalized spacial score (nSPS) is 9.25. The molecule has 0 aliphatic heterocycles. The maximum Gasteiger partial charge on any atom is 0.0736 e. The molecule has 12 heavy (non-hydrogen) atoms. The van der Waals surface area contributed by atoms with Crippen LogP contribution in [0.1, 0.15) is 19.5 Å². The zero-order chi connectivity index (χ0) is 8.97. The van der Waals surface area contributed by atoms with Gasteiger partial charge in [0.25, 0.3) is 0 Å². The summed E-state index contributed by atoms with van der Waals surface area (Å²) in [6.07, 6.45) is 3.64. The SMILES string of the molecule is CC.Cc1nsc2cnccc12. The summed E-state index contributed by atoms with van der Waals surface area (Å²) in [5, 5.41) is 1.22. The monoisotopic (exact) mass is 180 g/mol. The minimum absolute atomic E-state index is 1.10. The molecule has 0 aliphatic carbocycles. The zero-order valence-corrected chi connectivity index (χ0v) is 8.35. The van der Waals surface area contributed by atoms with Gasteiger partial charge in [-0.2, -0.15) is 4.37 Å². The molecular formula is C9H12N2S. The largest absolute Gasteiger partial charge is 0.263 e. The molecule has 0 fully saturated rings. The fourth-order valence-corrected chi connectivity index (χ4v) is 1.67. The lowest BCUT2D eigenvalue weighted by molar-refractivity contribution is 1.35. The van der Waals surface area contributed by atoms with Gasteiger partial charge >= 0.3 is 0 Å². The summed E-state index contributed by atoms with van der Waals surface area (Å²) in [7, 11) is 0. The first kappa shape index (κ1) is 9.13. The molecule has 2 aromatic heterocycles. The van der Waals surface area contributed by atoms with E-state index in [0.717, 1.165) is 5.69 Å². The summed E-state index contributed by atoms with van der Waals surface area (Å²) in [5.41, 5.74) is 1.10. The Hall–Kier alpha value is -0.960. The number of hydrogen-bond donors (Lipinski definition) is 0. The van der Waals surface area contributed by atoms with Crippen LogP contribution in [0.15, 0.2) is 18.5 Å². The van der Waals surface area contributed by atoms with Crippen LogP contribution in [-0.2, 0) is 0 Å². The summed E-state index contributed by atoms with van der Waals surface area (Å²) >= 11 is 1.50. The topological polar surface area (TPSA) is 25.8 Å². The van der Waals surface area contributed by atoms with Gasteiger partial charge in [-0.3, -0.25) is 4.98 Å². The maximum atomic E-state index is 4.20. The van der Waals surface area contributed by atoms with Crippen LogP contribution < -0.4 is 0 Å². The molecule has 2 nitrogen and oxygen atoms in total. The number of hydrogen-bond acceptors (Lipinski definition) is 3. The number of aryl methyl sites for hydroxylation is 1. The lowest BCUT2D eigenvalue weighted by atomic mass is 10.3. The van der Waals surface area contributed by atoms with Crippen molar-refractivity contribution in [3.63, 3.8) is 0 Å². The van der Waals surface area contributed by atoms with Crippen molar-refractivity contribution in [2.24, 2.45) is 0 Å². The number of pyridine rings is 1. The van der Waals surface area contributed by atoms with Gasteiger partial charge in [-0.15, -0.1) is 0 Å². The van der Waals surface area contributed by atoms with Crippen molar-refractivity contribution in [3.8, 4) is 0 Å². The molecule has 0 saturated heterocycles. The van der Waals surface area contributed by atoms with Crippen LogP contribution in [0.25, 0.3) is 10.1 Å². The standard InChI is InChI=1S/C7H6N2S.C2H6/c1-5-6-2-3-8-4-7(6)10-9-5;1-2/h2-4H,1H3;1-2H3. The van der Waals surface area contributed by atoms with E-state index in [1.165, 1.54) is 21.6 Å². The van der Waals surface area contributed by atoms with Crippen LogP contribution in [-0.4, -0.2) is 9.36 Å². The lowest BCUT2D eigenvalue weighted by Gasteiger charge is -1.84. The van der Waals surface area contributed by atoms with Gasteiger partial charge in [-0.1, -0.05) is 13.8 Å². The van der Waals surface area contributed by atoms with E-state index in [4.69, 9.17) is 0 Å². The average Bonchev–Trinajstić information content (AvgIpc) is 2.53. The summed E-state index contributed by atoms with van der Waals surface area (Å²) in [4.78, 5) is 4.00. The molecule has 0 radical (unpaired) electrons. The second-order valence-corrected chi connectivity index (χ2v) is 2.94. The Labute approximate surface area is 76.4 Å². The molecule has 0 saturated carbocycles. The highest BCUT2D eigenvalue weighted by Gasteiger charge is 1.98. The van der Waals surface area contributed by atoms with Gasteiger partial charge in [0.05, 0.1) is 10.4 Å². The Morgan fingerprint density at radius 1 is 1.33 bits per heavy atom. The van der Waals surface area contributed by atoms with Crippen molar-refractivity contribution in [2.45, 2.75) is 20.8 Å². The maximum absolute atomic E-state index is 4.20. The first-order chi connectivity index (χ1) is 5.88. The summed E-state index contributed by atoms with van der Waals surface area (Å²) in [5.74, 6) is 0. The highest BCUT2D eigenvalue weighted by atomic mass is 32.1. The molecule has 0 aromatic carbocycles. The molecular weight excluding hydrogens is 168 g/mol. The van der Waals surface area contributed by atoms with Crippen molar-refractivity contribution in [1.29, 1.82) is 0 Å². The van der Waals surface area contributed by atoms with E-state index in [2.05, 4.69) is 9.36 Å². The third kappa shape index (κ3) is 1.61. The highest BCUT2D eigenvalue weighted by Crippen LogP contribution is 2.19. The van der Waals surface area contributed by atoms with E-state index in [0.29, 0.717) is 0 Å². The zero-order valence-electron chi connectivity index (χ0n) is 7.53. The number of aromatic nitrogens is 2. The summed E-state index contributed by atoms with van der Waals surface area (Å²) in [6.45, 7) is 6.01. The van der Waals surface area contributed by atoms with Gasteiger partial charge in [0.1, 0.15) is 0 Å². The first-order valence-corrected chi connectivity index (χ1v) is 4.81. The molecule has 64 valence electrons. The third-order valence-corrected chi connectivity index (χ3v) is 2.34. The molecule has 2 aromatic rings. The predicted molar refractivity (Wildman–Crippen MR) is 53.5 cm³/mol. The van der Waals surface area contributed by atoms with Crippen molar-refractivity contribution < 1.29 is 0 Å². The molecule has 2 heterocycles. The first-order valence-electron chi connectivity index (χ1n) is 4.04. The second-order valence-electron chi connectivity index (χ2n) is 2.14. The van der Waals surface area contributed by atoms with Crippen molar-refractivity contribution in [1.82, 2.24) is 9.36 Å². The van der Waals surface area contributed by atoms with Crippen LogP contribution in [0.3, 0.4) is 0 Å². The Kier molecular flexibility index (Phi) is 3.17. The Balaban J connectivity index is 0.000000336. The predicted octanol–water partition coefficient (Wildman–Crippen LogP) is 3.03. The van der Waals surface area contributed by atoms with Gasteiger partial charge in [-0.25, -0.2) is 0 Å². The highest BCUT2D eigenvalue weighted by molar-refractivity contribution is 7.13. The fraction of sp³-hybridized carbons (Fsp3) is 0.333.